The van der Waals surface area contributed by atoms with E-state index in [9.17, 15) is 10.1 Å². The number of rotatable bonds is 4. The number of hydrogen-bond donors (Lipinski definition) is 1. The molecule has 6 rings (SSSR count). The number of piperidine rings is 1. The number of nitrogens with two attached hydrogens (primary N) is 1. The Morgan fingerprint density at radius 3 is 2.64 bits per heavy atom. The molecule has 0 radical (unpaired) electrons. The molecule has 1 atom stereocenters. The average Bonchev–Trinajstić information content (AvgIpc) is 3.44. The van der Waals surface area contributed by atoms with Crippen molar-refractivity contribution in [2.24, 2.45) is 7.05 Å². The number of aryl methyl sites for hydroxylation is 2. The normalized spacial score (nSPS) is 17.5. The number of hydrogen-bond acceptors (Lipinski definition) is 8. The van der Waals surface area contributed by atoms with E-state index in [0.717, 1.165) is 78.7 Å². The van der Waals surface area contributed by atoms with Crippen molar-refractivity contribution in [3.63, 3.8) is 0 Å². The van der Waals surface area contributed by atoms with Gasteiger partial charge in [0.2, 0.25) is 0 Å². The molecule has 2 saturated heterocycles. The quantitative estimate of drug-likeness (QED) is 0.418. The van der Waals surface area contributed by atoms with E-state index in [1.165, 1.54) is 12.7 Å². The van der Waals surface area contributed by atoms with E-state index in [2.05, 4.69) is 50.1 Å². The summed E-state index contributed by atoms with van der Waals surface area (Å²) >= 11 is 0. The van der Waals surface area contributed by atoms with Gasteiger partial charge in [0.1, 0.15) is 29.6 Å². The Labute approximate surface area is 227 Å². The van der Waals surface area contributed by atoms with Crippen LogP contribution >= 0.6 is 0 Å². The maximum atomic E-state index is 12.4. The van der Waals surface area contributed by atoms with Crippen LogP contribution in [0.15, 0.2) is 47.7 Å². The zero-order valence-electron chi connectivity index (χ0n) is 22.4. The molecular formula is C30H32N8O. The van der Waals surface area contributed by atoms with Gasteiger partial charge in [-0.15, -0.1) is 0 Å². The summed E-state index contributed by atoms with van der Waals surface area (Å²) in [5, 5.41) is 10.9. The van der Waals surface area contributed by atoms with Crippen molar-refractivity contribution in [3.05, 3.63) is 69.9 Å². The van der Waals surface area contributed by atoms with Crippen LogP contribution in [-0.4, -0.2) is 39.2 Å². The highest BCUT2D eigenvalue weighted by Crippen LogP contribution is 2.43. The maximum absolute atomic E-state index is 12.4. The minimum Gasteiger partial charge on any atom is -0.382 e. The monoisotopic (exact) mass is 520 g/mol. The van der Waals surface area contributed by atoms with Gasteiger partial charge in [0.25, 0.3) is 5.56 Å². The van der Waals surface area contributed by atoms with E-state index < -0.39 is 0 Å². The number of anilines is 3. The lowest BCUT2D eigenvalue weighted by molar-refractivity contribution is 0.569. The third-order valence-electron chi connectivity index (χ3n) is 8.04. The van der Waals surface area contributed by atoms with Crippen molar-refractivity contribution in [1.29, 1.82) is 5.26 Å². The molecule has 1 unspecified atom stereocenters. The van der Waals surface area contributed by atoms with Crippen LogP contribution in [0.2, 0.25) is 0 Å². The van der Waals surface area contributed by atoms with Crippen LogP contribution < -0.4 is 21.1 Å². The van der Waals surface area contributed by atoms with Crippen molar-refractivity contribution in [2.45, 2.75) is 45.1 Å². The summed E-state index contributed by atoms with van der Waals surface area (Å²) in [6.45, 7) is 4.56. The highest BCUT2D eigenvalue weighted by Gasteiger charge is 2.33. The number of aromatic nitrogens is 4. The van der Waals surface area contributed by atoms with E-state index in [4.69, 9.17) is 10.7 Å². The summed E-state index contributed by atoms with van der Waals surface area (Å²) in [5.74, 6) is 1.79. The third-order valence-corrected chi connectivity index (χ3v) is 8.04. The smallest absolute Gasteiger partial charge is 0.253 e. The number of fused-ring (bicyclic) bond motifs is 1. The van der Waals surface area contributed by atoms with Gasteiger partial charge in [-0.25, -0.2) is 15.0 Å². The predicted molar refractivity (Wildman–Crippen MR) is 154 cm³/mol. The summed E-state index contributed by atoms with van der Waals surface area (Å²) in [6.07, 6.45) is 8.74. The molecule has 2 aliphatic heterocycles. The minimum atomic E-state index is 0.00617. The standard InChI is InChI=1S/C30H32N8O/c1-19-14-21(17-36(2)30(19)39)22-9-6-8-20-15-23(29(35-26(20)22)37-11-4-3-5-12-37)25-10-7-13-38(25)28-24(16-31)27(32)33-18-34-28/h6,8-9,14-15,17-18,25H,3-5,7,10-13H2,1-2H3,(H2,32,33,34). The summed E-state index contributed by atoms with van der Waals surface area (Å²) in [6, 6.07) is 12.7. The van der Waals surface area contributed by atoms with Crippen molar-refractivity contribution in [1.82, 2.24) is 19.5 Å². The maximum Gasteiger partial charge on any atom is 0.253 e. The highest BCUT2D eigenvalue weighted by molar-refractivity contribution is 5.95. The SMILES string of the molecule is Cc1cc(-c2cccc3cc(C4CCCN4c4ncnc(N)c4C#N)c(N4CCCCC4)nc23)cn(C)c1=O. The van der Waals surface area contributed by atoms with Gasteiger partial charge < -0.3 is 20.1 Å². The summed E-state index contributed by atoms with van der Waals surface area (Å²) in [5.41, 5.74) is 11.2. The predicted octanol–water partition coefficient (Wildman–Crippen LogP) is 4.48. The lowest BCUT2D eigenvalue weighted by Crippen LogP contribution is -2.33. The second-order valence-corrected chi connectivity index (χ2v) is 10.6. The zero-order chi connectivity index (χ0) is 27.1. The van der Waals surface area contributed by atoms with Crippen LogP contribution in [0, 0.1) is 18.3 Å². The molecule has 2 aliphatic rings. The molecule has 3 aromatic heterocycles. The largest absolute Gasteiger partial charge is 0.382 e. The van der Waals surface area contributed by atoms with Gasteiger partial charge >= 0.3 is 0 Å². The van der Waals surface area contributed by atoms with Crippen molar-refractivity contribution < 1.29 is 0 Å². The molecule has 0 spiro atoms. The second-order valence-electron chi connectivity index (χ2n) is 10.6. The Bertz CT molecular complexity index is 1640. The van der Waals surface area contributed by atoms with E-state index in [1.54, 1.807) is 11.6 Å². The molecule has 2 N–H and O–H groups in total. The van der Waals surface area contributed by atoms with Gasteiger partial charge in [-0.2, -0.15) is 5.26 Å². The summed E-state index contributed by atoms with van der Waals surface area (Å²) in [7, 11) is 1.79. The number of nitriles is 1. The average molecular weight is 521 g/mol. The third kappa shape index (κ3) is 4.36. The van der Waals surface area contributed by atoms with Gasteiger partial charge in [-0.1, -0.05) is 18.2 Å². The molecule has 0 amide bonds. The van der Waals surface area contributed by atoms with Gasteiger partial charge in [0, 0.05) is 60.5 Å². The first-order chi connectivity index (χ1) is 19.0. The van der Waals surface area contributed by atoms with Crippen molar-refractivity contribution in [3.8, 4) is 17.2 Å². The van der Waals surface area contributed by atoms with Crippen LogP contribution in [0.25, 0.3) is 22.0 Å². The molecule has 0 aliphatic carbocycles. The van der Waals surface area contributed by atoms with E-state index in [-0.39, 0.29) is 17.4 Å². The molecule has 9 heteroatoms. The molecule has 5 heterocycles. The summed E-state index contributed by atoms with van der Waals surface area (Å²) in [4.78, 5) is 30.9. The van der Waals surface area contributed by atoms with Gasteiger partial charge in [0.15, 0.2) is 5.82 Å². The molecule has 4 aromatic rings. The molecule has 0 saturated carbocycles. The van der Waals surface area contributed by atoms with Crippen LogP contribution in [0.4, 0.5) is 17.5 Å². The Hall–Kier alpha value is -4.45. The Balaban J connectivity index is 1.54. The van der Waals surface area contributed by atoms with Crippen LogP contribution in [0.1, 0.15) is 54.8 Å². The van der Waals surface area contributed by atoms with Crippen LogP contribution in [0.3, 0.4) is 0 Å². The van der Waals surface area contributed by atoms with Gasteiger partial charge in [0.05, 0.1) is 11.6 Å². The molecule has 1 aromatic carbocycles. The van der Waals surface area contributed by atoms with Gasteiger partial charge in [-0.05, 0) is 51.2 Å². The van der Waals surface area contributed by atoms with Crippen LogP contribution in [-0.2, 0) is 7.05 Å². The molecule has 9 nitrogen and oxygen atoms in total. The molecule has 0 bridgehead atoms. The number of benzene rings is 1. The molecular weight excluding hydrogens is 488 g/mol. The first-order valence-electron chi connectivity index (χ1n) is 13.6. The lowest BCUT2D eigenvalue weighted by Gasteiger charge is -2.34. The number of para-hydroxylation sites is 1. The number of nitrogens with zero attached hydrogens (tertiary/aromatic N) is 7. The Kier molecular flexibility index (Phi) is 6.39. The Morgan fingerprint density at radius 2 is 1.87 bits per heavy atom. The molecule has 2 fully saturated rings. The fourth-order valence-electron chi connectivity index (χ4n) is 6.13. The van der Waals surface area contributed by atoms with Crippen molar-refractivity contribution in [2.75, 3.05) is 35.2 Å². The van der Waals surface area contributed by atoms with Crippen LogP contribution in [0.5, 0.6) is 0 Å². The zero-order valence-corrected chi connectivity index (χ0v) is 22.4. The van der Waals surface area contributed by atoms with E-state index in [0.29, 0.717) is 16.9 Å². The van der Waals surface area contributed by atoms with E-state index >= 15 is 0 Å². The topological polar surface area (TPSA) is 117 Å². The molecule has 198 valence electrons. The first-order valence-corrected chi connectivity index (χ1v) is 13.6. The molecule has 39 heavy (non-hydrogen) atoms. The Morgan fingerprint density at radius 1 is 1.05 bits per heavy atom. The second kappa shape index (κ2) is 10.0. The fraction of sp³-hybridized carbons (Fsp3) is 0.367. The van der Waals surface area contributed by atoms with Crippen molar-refractivity contribution >= 4 is 28.4 Å². The fourth-order valence-corrected chi connectivity index (χ4v) is 6.13. The number of pyridine rings is 2. The first kappa shape index (κ1) is 24.9. The number of nitrogen functional groups attached to an aromatic ring is 1. The van der Waals surface area contributed by atoms with Gasteiger partial charge in [-0.3, -0.25) is 4.79 Å². The minimum absolute atomic E-state index is 0.00617. The summed E-state index contributed by atoms with van der Waals surface area (Å²) < 4.78 is 1.64. The van der Waals surface area contributed by atoms with E-state index in [1.807, 2.05) is 19.2 Å². The highest BCUT2D eigenvalue weighted by atomic mass is 16.1. The lowest BCUT2D eigenvalue weighted by atomic mass is 9.97.